The Balaban J connectivity index is 1.73. The fourth-order valence-corrected chi connectivity index (χ4v) is 5.47. The average molecular weight is 520 g/mol. The Kier molecular flexibility index (Phi) is 8.73. The van der Waals surface area contributed by atoms with Crippen molar-refractivity contribution in [3.05, 3.63) is 89.5 Å². The van der Waals surface area contributed by atoms with E-state index < -0.39 is 17.5 Å². The van der Waals surface area contributed by atoms with Gasteiger partial charge >= 0.3 is 6.09 Å². The molecule has 1 aromatic heterocycles. The molecule has 3 aromatic rings. The number of aromatic nitrogens is 1. The number of amides is 2. The summed E-state index contributed by atoms with van der Waals surface area (Å²) in [6.45, 7) is 3.04. The summed E-state index contributed by atoms with van der Waals surface area (Å²) >= 11 is 0. The van der Waals surface area contributed by atoms with Crippen LogP contribution in [-0.2, 0) is 12.0 Å². The molecule has 4 rings (SSSR count). The van der Waals surface area contributed by atoms with Gasteiger partial charge in [0.2, 0.25) is 0 Å². The number of pyridine rings is 1. The third-order valence-electron chi connectivity index (χ3n) is 7.43. The smallest absolute Gasteiger partial charge is 0.404 e. The molecule has 2 aromatic carbocycles. The molecule has 0 saturated carbocycles. The first-order valence-electron chi connectivity index (χ1n) is 13.1. The van der Waals surface area contributed by atoms with Crippen LogP contribution in [0.1, 0.15) is 54.1 Å². The lowest BCUT2D eigenvalue weighted by Gasteiger charge is -2.43. The summed E-state index contributed by atoms with van der Waals surface area (Å²) in [5.41, 5.74) is 1.57. The number of carbonyl (C=O) groups excluding carboxylic acids is 1. The Morgan fingerprint density at radius 1 is 1.16 bits per heavy atom. The first-order valence-corrected chi connectivity index (χ1v) is 13.1. The molecular formula is C30H34FN3O4. The van der Waals surface area contributed by atoms with Crippen molar-refractivity contribution < 1.29 is 24.2 Å². The maximum Gasteiger partial charge on any atom is 0.404 e. The first kappa shape index (κ1) is 27.3. The highest BCUT2D eigenvalue weighted by Gasteiger charge is 2.43. The van der Waals surface area contributed by atoms with Crippen molar-refractivity contribution in [2.75, 3.05) is 19.6 Å². The maximum atomic E-state index is 15.5. The highest BCUT2D eigenvalue weighted by molar-refractivity contribution is 5.94. The third kappa shape index (κ3) is 6.02. The van der Waals surface area contributed by atoms with Gasteiger partial charge in [-0.25, -0.2) is 9.18 Å². The molecule has 0 bridgehead atoms. The van der Waals surface area contributed by atoms with E-state index in [1.54, 1.807) is 41.6 Å². The van der Waals surface area contributed by atoms with Gasteiger partial charge in [-0.1, -0.05) is 43.3 Å². The zero-order chi connectivity index (χ0) is 27.1. The average Bonchev–Trinajstić information content (AvgIpc) is 2.95. The van der Waals surface area contributed by atoms with E-state index in [9.17, 15) is 14.7 Å². The second-order valence-corrected chi connectivity index (χ2v) is 9.80. The number of hydrogen-bond acceptors (Lipinski definition) is 4. The summed E-state index contributed by atoms with van der Waals surface area (Å²) in [7, 11) is 0. The normalized spacial score (nSPS) is 17.0. The molecule has 7 nitrogen and oxygen atoms in total. The Morgan fingerprint density at radius 2 is 1.92 bits per heavy atom. The molecule has 200 valence electrons. The van der Waals surface area contributed by atoms with E-state index in [1.807, 2.05) is 31.2 Å². The molecule has 2 atom stereocenters. The quantitative estimate of drug-likeness (QED) is 0.336. The van der Waals surface area contributed by atoms with Gasteiger partial charge in [0.15, 0.2) is 0 Å². The topological polar surface area (TPSA) is 103 Å². The van der Waals surface area contributed by atoms with Crippen LogP contribution in [0.25, 0.3) is 11.1 Å². The van der Waals surface area contributed by atoms with Gasteiger partial charge in [0, 0.05) is 49.1 Å². The molecule has 0 unspecified atom stereocenters. The Labute approximate surface area is 222 Å². The Bertz CT molecular complexity index is 1270. The maximum absolute atomic E-state index is 15.5. The van der Waals surface area contributed by atoms with E-state index in [0.717, 1.165) is 12.0 Å². The Morgan fingerprint density at radius 3 is 2.66 bits per heavy atom. The van der Waals surface area contributed by atoms with Crippen LogP contribution in [-0.4, -0.2) is 51.7 Å². The lowest BCUT2D eigenvalue weighted by Crippen LogP contribution is -2.48. The van der Waals surface area contributed by atoms with Gasteiger partial charge in [-0.05, 0) is 67.0 Å². The van der Waals surface area contributed by atoms with E-state index in [1.165, 1.54) is 6.07 Å². The fourth-order valence-electron chi connectivity index (χ4n) is 5.47. The van der Waals surface area contributed by atoms with Crippen molar-refractivity contribution in [2.45, 2.75) is 44.6 Å². The van der Waals surface area contributed by atoms with E-state index in [4.69, 9.17) is 5.11 Å². The molecule has 0 aliphatic carbocycles. The van der Waals surface area contributed by atoms with Crippen molar-refractivity contribution in [1.29, 1.82) is 0 Å². The van der Waals surface area contributed by atoms with E-state index >= 15 is 4.39 Å². The molecular weight excluding hydrogens is 485 g/mol. The number of nitrogens with one attached hydrogen (secondary N) is 1. The zero-order valence-electron chi connectivity index (χ0n) is 21.6. The molecule has 3 N–H and O–H groups in total. The first-order chi connectivity index (χ1) is 18.3. The molecule has 8 heteroatoms. The minimum atomic E-state index is -1.49. The summed E-state index contributed by atoms with van der Waals surface area (Å²) in [6.07, 6.45) is 4.69. The van der Waals surface area contributed by atoms with E-state index in [2.05, 4.69) is 10.3 Å². The second kappa shape index (κ2) is 12.2. The molecule has 0 spiro atoms. The minimum absolute atomic E-state index is 0.137. The summed E-state index contributed by atoms with van der Waals surface area (Å²) in [6, 6.07) is 15.7. The molecule has 1 aliphatic rings. The number of aryl methyl sites for hydroxylation is 1. The lowest BCUT2D eigenvalue weighted by molar-refractivity contribution is -0.0564. The van der Waals surface area contributed by atoms with Gasteiger partial charge in [0.1, 0.15) is 5.82 Å². The largest absolute Gasteiger partial charge is 0.465 e. The fraction of sp³-hybridized carbons (Fsp3) is 0.367. The third-order valence-corrected chi connectivity index (χ3v) is 7.43. The molecule has 2 heterocycles. The van der Waals surface area contributed by atoms with E-state index in [-0.39, 0.29) is 24.8 Å². The van der Waals surface area contributed by atoms with Crippen LogP contribution in [0.3, 0.4) is 0 Å². The van der Waals surface area contributed by atoms with Crippen LogP contribution >= 0.6 is 0 Å². The summed E-state index contributed by atoms with van der Waals surface area (Å²) in [5, 5.41) is 23.8. The number of aliphatic hydroxyl groups is 1. The summed E-state index contributed by atoms with van der Waals surface area (Å²) in [4.78, 5) is 30.0. The van der Waals surface area contributed by atoms with Crippen LogP contribution in [0.4, 0.5) is 9.18 Å². The number of halogens is 1. The molecule has 1 fully saturated rings. The number of hydrogen-bond donors (Lipinski definition) is 3. The number of carboxylic acid groups (broad SMARTS) is 1. The van der Waals surface area contributed by atoms with Crippen molar-refractivity contribution >= 4 is 12.0 Å². The van der Waals surface area contributed by atoms with Crippen LogP contribution in [0.2, 0.25) is 0 Å². The van der Waals surface area contributed by atoms with Crippen molar-refractivity contribution in [3.63, 3.8) is 0 Å². The van der Waals surface area contributed by atoms with Crippen LogP contribution in [0.15, 0.2) is 67.0 Å². The standard InChI is InChI=1S/C30H34FN3O4/c1-2-21-7-3-8-23(19-21)27-25(10-4-11-26(27)31)30(38,14-6-15-33-29(36)37)24-9-5-18-34(20-24)28(35)22-12-16-32-17-13-22/h3-4,7-8,10-13,16-17,19,24,33,38H,2,5-6,9,14-15,18,20H2,1H3,(H,36,37)/t24-,30+/m1/s1. The zero-order valence-corrected chi connectivity index (χ0v) is 21.6. The van der Waals surface area contributed by atoms with Gasteiger partial charge in [-0.2, -0.15) is 0 Å². The number of likely N-dealkylation sites (tertiary alicyclic amines) is 1. The SMILES string of the molecule is CCc1cccc(-c2c(F)cccc2[C@](O)(CCCNC(=O)O)[C@@H]2CCCN(C(=O)c3ccncc3)C2)c1. The van der Waals surface area contributed by atoms with Crippen molar-refractivity contribution in [1.82, 2.24) is 15.2 Å². The van der Waals surface area contributed by atoms with Crippen LogP contribution in [0, 0.1) is 11.7 Å². The predicted octanol–water partition coefficient (Wildman–Crippen LogP) is 5.24. The monoisotopic (exact) mass is 519 g/mol. The van der Waals surface area contributed by atoms with Crippen LogP contribution < -0.4 is 5.32 Å². The van der Waals surface area contributed by atoms with Gasteiger partial charge in [0.05, 0.1) is 5.60 Å². The summed E-state index contributed by atoms with van der Waals surface area (Å²) in [5.74, 6) is -0.942. The molecule has 1 aliphatic heterocycles. The molecule has 2 amide bonds. The number of piperidine rings is 1. The summed E-state index contributed by atoms with van der Waals surface area (Å²) < 4.78 is 15.5. The second-order valence-electron chi connectivity index (χ2n) is 9.80. The molecule has 0 radical (unpaired) electrons. The van der Waals surface area contributed by atoms with Gasteiger partial charge < -0.3 is 20.4 Å². The Hall–Kier alpha value is -3.78. The van der Waals surface area contributed by atoms with Crippen molar-refractivity contribution in [2.24, 2.45) is 5.92 Å². The van der Waals surface area contributed by atoms with E-state index in [0.29, 0.717) is 54.6 Å². The number of nitrogens with zero attached hydrogens (tertiary/aromatic N) is 2. The highest BCUT2D eigenvalue weighted by atomic mass is 19.1. The lowest BCUT2D eigenvalue weighted by atomic mass is 9.72. The number of carbonyl (C=O) groups is 2. The molecule has 38 heavy (non-hydrogen) atoms. The predicted molar refractivity (Wildman–Crippen MR) is 143 cm³/mol. The van der Waals surface area contributed by atoms with Gasteiger partial charge in [-0.3, -0.25) is 9.78 Å². The van der Waals surface area contributed by atoms with Crippen molar-refractivity contribution in [3.8, 4) is 11.1 Å². The van der Waals surface area contributed by atoms with Crippen LogP contribution in [0.5, 0.6) is 0 Å². The minimum Gasteiger partial charge on any atom is -0.465 e. The molecule has 1 saturated heterocycles. The van der Waals surface area contributed by atoms with Gasteiger partial charge in [0.25, 0.3) is 5.91 Å². The highest BCUT2D eigenvalue weighted by Crippen LogP contribution is 2.44. The number of rotatable bonds is 9. The number of benzene rings is 2. The van der Waals surface area contributed by atoms with Gasteiger partial charge in [-0.15, -0.1) is 0 Å².